The van der Waals surface area contributed by atoms with Crippen molar-refractivity contribution in [3.05, 3.63) is 215 Å². The number of fused-ring (bicyclic) bond motifs is 3. The molecule has 0 nitrogen and oxygen atoms in total. The van der Waals surface area contributed by atoms with Gasteiger partial charge in [0.1, 0.15) is 0 Å². The molecule has 6 aromatic carbocycles. The Morgan fingerprint density at radius 2 is 0.967 bits per heavy atom. The Morgan fingerprint density at radius 1 is 0.533 bits per heavy atom. The molecule has 0 heterocycles. The summed E-state index contributed by atoms with van der Waals surface area (Å²) in [4.78, 5) is 0. The van der Waals surface area contributed by atoms with Gasteiger partial charge in [0.15, 0.2) is 0 Å². The Balaban J connectivity index is 0.000000372. The average molecular weight is 911 g/mol. The molecular formula is C57H64Cl2Zr-4. The molecule has 0 atom stereocenters. The van der Waals surface area contributed by atoms with E-state index in [4.69, 9.17) is 0 Å². The van der Waals surface area contributed by atoms with Gasteiger partial charge in [0.2, 0.25) is 0 Å². The normalized spacial score (nSPS) is 11.4. The zero-order chi connectivity index (χ0) is 42.3. The molecule has 2 aliphatic rings. The van der Waals surface area contributed by atoms with Crippen molar-refractivity contribution in [2.24, 2.45) is 0 Å². The van der Waals surface area contributed by atoms with Crippen LogP contribution in [0.3, 0.4) is 0 Å². The van der Waals surface area contributed by atoms with Gasteiger partial charge in [-0.1, -0.05) is 171 Å². The molecular weight excluding hydrogens is 847 g/mol. The Kier molecular flexibility index (Phi) is 21.6. The SMILES string of the molecule is CC(C)(C)c1cc2c([c-]c1-c1ccccc1)Cc1cc(-c3ccccc3)c(C(C)(C)C)cc1-2.C[C-](C)c1ccccc1.C[C-](C)c1ccccc1.Cl.Cl.[C-]1=CC=CC1.[CH2]=[Zr]. The molecule has 0 N–H and O–H groups in total. The van der Waals surface area contributed by atoms with Crippen LogP contribution in [0, 0.1) is 24.0 Å². The monoisotopic (exact) mass is 908 g/mol. The van der Waals surface area contributed by atoms with E-state index in [0.717, 1.165) is 12.8 Å². The number of halogens is 2. The Bertz CT molecular complexity index is 2050. The van der Waals surface area contributed by atoms with E-state index in [1.165, 1.54) is 103 Å². The maximum absolute atomic E-state index is 3.88. The molecule has 0 unspecified atom stereocenters. The van der Waals surface area contributed by atoms with Crippen molar-refractivity contribution in [2.45, 2.75) is 92.9 Å². The summed E-state index contributed by atoms with van der Waals surface area (Å²) in [6, 6.07) is 53.6. The first-order chi connectivity index (χ1) is 27.7. The van der Waals surface area contributed by atoms with Gasteiger partial charge in [0.25, 0.3) is 0 Å². The van der Waals surface area contributed by atoms with Crippen molar-refractivity contribution >= 4 is 29.0 Å². The van der Waals surface area contributed by atoms with Crippen LogP contribution in [0.2, 0.25) is 0 Å². The number of allylic oxidation sites excluding steroid dienone is 4. The van der Waals surface area contributed by atoms with Gasteiger partial charge in [-0.15, -0.1) is 84.3 Å². The van der Waals surface area contributed by atoms with Crippen molar-refractivity contribution in [3.63, 3.8) is 0 Å². The van der Waals surface area contributed by atoms with Gasteiger partial charge in [0.05, 0.1) is 0 Å². The summed E-state index contributed by atoms with van der Waals surface area (Å²) in [6.45, 7) is 22.4. The van der Waals surface area contributed by atoms with Gasteiger partial charge in [-0.3, -0.25) is 6.08 Å². The molecule has 0 saturated carbocycles. The van der Waals surface area contributed by atoms with Crippen LogP contribution >= 0.6 is 24.8 Å². The summed E-state index contributed by atoms with van der Waals surface area (Å²) in [5.74, 6) is 2.74. The fraction of sp³-hybridized carbons (Fsp3) is 0.246. The van der Waals surface area contributed by atoms with Crippen LogP contribution in [0.5, 0.6) is 0 Å². The third kappa shape index (κ3) is 14.8. The predicted molar refractivity (Wildman–Crippen MR) is 265 cm³/mol. The number of hydrogen-bond donors (Lipinski definition) is 0. The van der Waals surface area contributed by atoms with Crippen LogP contribution in [0.15, 0.2) is 158 Å². The second-order valence-corrected chi connectivity index (χ2v) is 17.1. The molecule has 0 aliphatic heterocycles. The quantitative estimate of drug-likeness (QED) is 0.154. The summed E-state index contributed by atoms with van der Waals surface area (Å²) in [7, 11) is 0. The Hall–Kier alpha value is -4.13. The van der Waals surface area contributed by atoms with Gasteiger partial charge in [-0.2, -0.15) is 53.3 Å². The average Bonchev–Trinajstić information content (AvgIpc) is 3.94. The maximum atomic E-state index is 3.88. The molecule has 60 heavy (non-hydrogen) atoms. The fourth-order valence-corrected chi connectivity index (χ4v) is 6.99. The summed E-state index contributed by atoms with van der Waals surface area (Å²) in [5, 5.41) is 0. The topological polar surface area (TPSA) is 0 Å². The van der Waals surface area contributed by atoms with E-state index in [1.54, 1.807) is 0 Å². The Labute approximate surface area is 391 Å². The van der Waals surface area contributed by atoms with Gasteiger partial charge in [0, 0.05) is 0 Å². The zero-order valence-corrected chi connectivity index (χ0v) is 41.5. The van der Waals surface area contributed by atoms with Crippen LogP contribution < -0.4 is 0 Å². The Morgan fingerprint density at radius 3 is 1.33 bits per heavy atom. The van der Waals surface area contributed by atoms with E-state index in [9.17, 15) is 0 Å². The molecule has 3 heteroatoms. The van der Waals surface area contributed by atoms with E-state index >= 15 is 0 Å². The van der Waals surface area contributed by atoms with E-state index < -0.39 is 0 Å². The summed E-state index contributed by atoms with van der Waals surface area (Å²) < 4.78 is 3.34. The third-order valence-electron chi connectivity index (χ3n) is 10.1. The number of rotatable bonds is 4. The minimum absolute atomic E-state index is 0. The summed E-state index contributed by atoms with van der Waals surface area (Å²) in [6.07, 6.45) is 10.9. The van der Waals surface area contributed by atoms with Crippen LogP contribution in [0.25, 0.3) is 33.4 Å². The van der Waals surface area contributed by atoms with Crippen molar-refractivity contribution < 1.29 is 24.2 Å². The molecule has 6 aromatic rings. The molecule has 0 radical (unpaired) electrons. The first-order valence-electron chi connectivity index (χ1n) is 20.4. The minimum atomic E-state index is 0. The molecule has 2 aliphatic carbocycles. The number of hydrogen-bond acceptors (Lipinski definition) is 0. The first-order valence-corrected chi connectivity index (χ1v) is 22.1. The van der Waals surface area contributed by atoms with Crippen molar-refractivity contribution in [1.82, 2.24) is 0 Å². The number of benzene rings is 6. The van der Waals surface area contributed by atoms with Crippen LogP contribution in [0.1, 0.15) is 109 Å². The van der Waals surface area contributed by atoms with E-state index in [2.05, 4.69) is 219 Å². The van der Waals surface area contributed by atoms with Gasteiger partial charge >= 0.3 is 28.4 Å². The summed E-state index contributed by atoms with van der Waals surface area (Å²) in [5.41, 5.74) is 16.2. The molecule has 0 aromatic heterocycles. The molecule has 0 spiro atoms. The molecule has 0 amide bonds. The first kappa shape index (κ1) is 52.0. The second-order valence-electron chi connectivity index (χ2n) is 17.1. The molecule has 8 rings (SSSR count). The van der Waals surface area contributed by atoms with Crippen molar-refractivity contribution in [2.75, 3.05) is 0 Å². The third-order valence-corrected chi connectivity index (χ3v) is 10.1. The molecule has 0 fully saturated rings. The molecule has 0 saturated heterocycles. The van der Waals surface area contributed by atoms with Crippen LogP contribution in [-0.4, -0.2) is 4.21 Å². The van der Waals surface area contributed by atoms with E-state index in [0.29, 0.717) is 0 Å². The van der Waals surface area contributed by atoms with E-state index in [1.807, 2.05) is 24.3 Å². The van der Waals surface area contributed by atoms with Gasteiger partial charge in [-0.05, 0) is 39.5 Å². The van der Waals surface area contributed by atoms with Crippen molar-refractivity contribution in [3.8, 4) is 33.4 Å². The standard InChI is InChI=1S/C33H33.2C9H11.C5H5.CH2.2ClH.Zr/c1-32(2,3)30-20-26-24(18-28(30)22-13-9-7-10-14-22)17-25-19-29(23-15-11-8-12-16-23)31(21-27(25)26)33(4,5)6;2*1-8(2)9-6-4-3-5-7-9;1-2-4-5-3-1;;;;/h7-16,18,20-21H,17H2,1-6H3;2*3-7H,1-2H3;1-3H,4H2;1H2;2*1H;/q4*-1;;;;. The zero-order valence-electron chi connectivity index (χ0n) is 37.4. The van der Waals surface area contributed by atoms with Gasteiger partial charge in [-0.25, -0.2) is 12.2 Å². The summed E-state index contributed by atoms with van der Waals surface area (Å²) >= 11 is 1.30. The van der Waals surface area contributed by atoms with Gasteiger partial charge < -0.3 is 0 Å². The molecule has 0 bridgehead atoms. The fourth-order valence-electron chi connectivity index (χ4n) is 6.99. The second kappa shape index (κ2) is 25.0. The van der Waals surface area contributed by atoms with Crippen LogP contribution in [-0.2, 0) is 41.5 Å². The van der Waals surface area contributed by atoms with E-state index in [-0.39, 0.29) is 35.6 Å². The van der Waals surface area contributed by atoms with Crippen molar-refractivity contribution in [1.29, 1.82) is 0 Å². The molecule has 314 valence electrons. The van der Waals surface area contributed by atoms with Crippen LogP contribution in [0.4, 0.5) is 0 Å². The predicted octanol–water partition coefficient (Wildman–Crippen LogP) is 16.4.